The Balaban J connectivity index is 2.03. The Morgan fingerprint density at radius 3 is 2.38 bits per heavy atom. The molecule has 0 spiro atoms. The van der Waals surface area contributed by atoms with Gasteiger partial charge in [0.2, 0.25) is 0 Å². The average molecular weight is 363 g/mol. The highest BCUT2D eigenvalue weighted by molar-refractivity contribution is 5.19. The number of hydrogen-bond acceptors (Lipinski definition) is 3. The molecule has 2 rings (SSSR count). The maximum absolute atomic E-state index is 14.0. The number of aliphatic hydroxyl groups excluding tert-OH is 1. The second-order valence-electron chi connectivity index (χ2n) is 6.98. The van der Waals surface area contributed by atoms with Gasteiger partial charge in [-0.3, -0.25) is 4.90 Å². The molecule has 0 unspecified atom stereocenters. The van der Waals surface area contributed by atoms with Gasteiger partial charge < -0.3 is 9.84 Å². The highest BCUT2D eigenvalue weighted by Crippen LogP contribution is 2.15. The van der Waals surface area contributed by atoms with Crippen LogP contribution in [0.15, 0.2) is 48.5 Å². The molecule has 142 valence electrons. The Bertz CT molecular complexity index is 664. The van der Waals surface area contributed by atoms with Crippen molar-refractivity contribution in [1.82, 2.24) is 4.90 Å². The molecule has 0 fully saturated rings. The lowest BCUT2D eigenvalue weighted by Gasteiger charge is -2.25. The normalized spacial score (nSPS) is 12.7. The van der Waals surface area contributed by atoms with Crippen LogP contribution in [-0.2, 0) is 17.8 Å². The van der Waals surface area contributed by atoms with Gasteiger partial charge in [-0.1, -0.05) is 50.2 Å². The van der Waals surface area contributed by atoms with Gasteiger partial charge in [0.25, 0.3) is 0 Å². The Labute approximate surface area is 154 Å². The minimum Gasteiger partial charge on any atom is -0.389 e. The smallest absolute Gasteiger partial charge is 0.130 e. The number of halogens is 2. The van der Waals surface area contributed by atoms with Gasteiger partial charge in [-0.05, 0) is 17.5 Å². The van der Waals surface area contributed by atoms with Crippen LogP contribution in [0.25, 0.3) is 0 Å². The molecule has 0 saturated heterocycles. The predicted molar refractivity (Wildman–Crippen MR) is 98.6 cm³/mol. The molecule has 0 bridgehead atoms. The first-order valence-corrected chi connectivity index (χ1v) is 8.90. The van der Waals surface area contributed by atoms with Crippen LogP contribution in [0.5, 0.6) is 0 Å². The van der Waals surface area contributed by atoms with Crippen LogP contribution in [-0.4, -0.2) is 35.9 Å². The van der Waals surface area contributed by atoms with Crippen LogP contribution < -0.4 is 0 Å². The maximum Gasteiger partial charge on any atom is 0.130 e. The van der Waals surface area contributed by atoms with Crippen molar-refractivity contribution in [3.05, 3.63) is 71.3 Å². The van der Waals surface area contributed by atoms with Crippen LogP contribution >= 0.6 is 0 Å². The summed E-state index contributed by atoms with van der Waals surface area (Å²) < 4.78 is 32.7. The van der Waals surface area contributed by atoms with E-state index in [0.717, 1.165) is 11.6 Å². The Kier molecular flexibility index (Phi) is 8.16. The van der Waals surface area contributed by atoms with E-state index in [2.05, 4.69) is 0 Å². The van der Waals surface area contributed by atoms with E-state index in [0.29, 0.717) is 31.2 Å². The van der Waals surface area contributed by atoms with Gasteiger partial charge in [0.1, 0.15) is 11.6 Å². The Morgan fingerprint density at radius 2 is 1.73 bits per heavy atom. The van der Waals surface area contributed by atoms with Gasteiger partial charge in [0.15, 0.2) is 0 Å². The summed E-state index contributed by atoms with van der Waals surface area (Å²) >= 11 is 0. The lowest BCUT2D eigenvalue weighted by molar-refractivity contribution is 0.00539. The summed E-state index contributed by atoms with van der Waals surface area (Å²) in [6, 6.07) is 13.4. The molecule has 0 radical (unpaired) electrons. The maximum atomic E-state index is 14.0. The second kappa shape index (κ2) is 10.4. The van der Waals surface area contributed by atoms with Crippen molar-refractivity contribution in [2.24, 2.45) is 5.92 Å². The molecule has 5 heteroatoms. The van der Waals surface area contributed by atoms with E-state index in [1.165, 1.54) is 12.1 Å². The summed E-state index contributed by atoms with van der Waals surface area (Å²) in [5.41, 5.74) is 1.46. The average Bonchev–Trinajstić information content (AvgIpc) is 2.58. The van der Waals surface area contributed by atoms with Crippen LogP contribution in [0.3, 0.4) is 0 Å². The molecule has 1 atom stereocenters. The fourth-order valence-electron chi connectivity index (χ4n) is 2.71. The molecular formula is C21H27F2NO2. The lowest BCUT2D eigenvalue weighted by Crippen LogP contribution is -2.34. The molecule has 0 aliphatic carbocycles. The van der Waals surface area contributed by atoms with Crippen LogP contribution in [0.4, 0.5) is 8.78 Å². The number of aliphatic hydroxyl groups is 1. The first-order valence-electron chi connectivity index (χ1n) is 8.90. The zero-order valence-electron chi connectivity index (χ0n) is 15.4. The summed E-state index contributed by atoms with van der Waals surface area (Å²) in [6.45, 7) is 6.08. The molecule has 26 heavy (non-hydrogen) atoms. The minimum absolute atomic E-state index is 0.232. The van der Waals surface area contributed by atoms with Crippen LogP contribution in [0.2, 0.25) is 0 Å². The van der Waals surface area contributed by atoms with Gasteiger partial charge in [0, 0.05) is 37.9 Å². The van der Waals surface area contributed by atoms with Crippen molar-refractivity contribution in [3.8, 4) is 0 Å². The third-order valence-electron chi connectivity index (χ3n) is 3.89. The molecule has 1 N–H and O–H groups in total. The molecule has 0 aliphatic rings. The first-order chi connectivity index (χ1) is 12.4. The molecule has 0 amide bonds. The Morgan fingerprint density at radius 1 is 1.00 bits per heavy atom. The number of ether oxygens (including phenoxy) is 1. The summed E-state index contributed by atoms with van der Waals surface area (Å²) in [5, 5.41) is 10.3. The number of rotatable bonds is 10. The van der Waals surface area contributed by atoms with Crippen molar-refractivity contribution in [2.75, 3.05) is 19.8 Å². The fourth-order valence-corrected chi connectivity index (χ4v) is 2.71. The van der Waals surface area contributed by atoms with Gasteiger partial charge in [-0.25, -0.2) is 8.78 Å². The van der Waals surface area contributed by atoms with Crippen LogP contribution in [0, 0.1) is 17.6 Å². The fraction of sp³-hybridized carbons (Fsp3) is 0.429. The van der Waals surface area contributed by atoms with E-state index in [1.807, 2.05) is 49.1 Å². The third-order valence-corrected chi connectivity index (χ3v) is 3.89. The summed E-state index contributed by atoms with van der Waals surface area (Å²) in [6.07, 6.45) is -0.680. The quantitative estimate of drug-likeness (QED) is 0.693. The molecule has 0 aliphatic heterocycles. The van der Waals surface area contributed by atoms with Crippen molar-refractivity contribution in [3.63, 3.8) is 0 Å². The first kappa shape index (κ1) is 20.5. The lowest BCUT2D eigenvalue weighted by atomic mass is 10.1. The SMILES string of the molecule is CC(C)COC[C@H](O)CN(Cc1ccccc1)Cc1ccc(F)cc1F. The van der Waals surface area contributed by atoms with Gasteiger partial charge in [-0.2, -0.15) is 0 Å². The highest BCUT2D eigenvalue weighted by atomic mass is 19.1. The summed E-state index contributed by atoms with van der Waals surface area (Å²) in [5.74, 6) is -0.771. The predicted octanol–water partition coefficient (Wildman–Crippen LogP) is 4.00. The molecule has 2 aromatic carbocycles. The van der Waals surface area contributed by atoms with E-state index in [1.54, 1.807) is 0 Å². The van der Waals surface area contributed by atoms with Crippen molar-refractivity contribution in [1.29, 1.82) is 0 Å². The summed E-state index contributed by atoms with van der Waals surface area (Å²) in [4.78, 5) is 1.94. The van der Waals surface area contributed by atoms with Crippen molar-refractivity contribution < 1.29 is 18.6 Å². The zero-order valence-corrected chi connectivity index (χ0v) is 15.4. The molecule has 0 saturated carbocycles. The molecule has 0 aromatic heterocycles. The van der Waals surface area contributed by atoms with Crippen LogP contribution in [0.1, 0.15) is 25.0 Å². The van der Waals surface area contributed by atoms with E-state index < -0.39 is 17.7 Å². The zero-order chi connectivity index (χ0) is 18.9. The number of benzene rings is 2. The van der Waals surface area contributed by atoms with E-state index in [9.17, 15) is 13.9 Å². The molecular weight excluding hydrogens is 336 g/mol. The third kappa shape index (κ3) is 7.20. The number of hydrogen-bond donors (Lipinski definition) is 1. The van der Waals surface area contributed by atoms with Crippen molar-refractivity contribution >= 4 is 0 Å². The van der Waals surface area contributed by atoms with E-state index in [-0.39, 0.29) is 13.2 Å². The molecule has 3 nitrogen and oxygen atoms in total. The monoisotopic (exact) mass is 363 g/mol. The van der Waals surface area contributed by atoms with Crippen molar-refractivity contribution in [2.45, 2.75) is 33.0 Å². The minimum atomic E-state index is -0.680. The van der Waals surface area contributed by atoms with E-state index >= 15 is 0 Å². The van der Waals surface area contributed by atoms with Gasteiger partial charge in [-0.15, -0.1) is 0 Å². The standard InChI is InChI=1S/C21H27F2NO2/c1-16(2)14-26-15-20(25)13-24(11-17-6-4-3-5-7-17)12-18-8-9-19(22)10-21(18)23/h3-10,16,20,25H,11-15H2,1-2H3/t20-/m1/s1. The van der Waals surface area contributed by atoms with Gasteiger partial charge >= 0.3 is 0 Å². The largest absolute Gasteiger partial charge is 0.389 e. The van der Waals surface area contributed by atoms with E-state index in [4.69, 9.17) is 4.74 Å². The second-order valence-corrected chi connectivity index (χ2v) is 6.98. The van der Waals surface area contributed by atoms with Gasteiger partial charge in [0.05, 0.1) is 12.7 Å². The topological polar surface area (TPSA) is 32.7 Å². The number of nitrogens with zero attached hydrogens (tertiary/aromatic N) is 1. The molecule has 2 aromatic rings. The molecule has 0 heterocycles. The summed E-state index contributed by atoms with van der Waals surface area (Å²) in [7, 11) is 0. The Hall–Kier alpha value is -1.82. The highest BCUT2D eigenvalue weighted by Gasteiger charge is 2.15.